The fourth-order valence-electron chi connectivity index (χ4n) is 4.52. The van der Waals surface area contributed by atoms with Gasteiger partial charge in [0.15, 0.2) is 5.82 Å². The first-order chi connectivity index (χ1) is 12.3. The van der Waals surface area contributed by atoms with Crippen molar-refractivity contribution in [2.75, 3.05) is 19.6 Å². The van der Waals surface area contributed by atoms with Crippen molar-refractivity contribution in [3.63, 3.8) is 0 Å². The minimum absolute atomic E-state index is 0.552. The van der Waals surface area contributed by atoms with Crippen molar-refractivity contribution in [3.05, 3.63) is 30.4 Å². The quantitative estimate of drug-likeness (QED) is 0.838. The summed E-state index contributed by atoms with van der Waals surface area (Å²) in [5.41, 5.74) is 0. The Hall–Kier alpha value is -1.69. The molecule has 0 atom stereocenters. The molecule has 0 unspecified atom stereocenters. The van der Waals surface area contributed by atoms with Crippen LogP contribution in [-0.4, -0.2) is 48.8 Å². The summed E-state index contributed by atoms with van der Waals surface area (Å²) in [7, 11) is 2.11. The Labute approximate surface area is 150 Å². The van der Waals surface area contributed by atoms with E-state index in [2.05, 4.69) is 31.7 Å². The highest BCUT2D eigenvalue weighted by molar-refractivity contribution is 5.04. The van der Waals surface area contributed by atoms with E-state index in [0.29, 0.717) is 5.92 Å². The van der Waals surface area contributed by atoms with E-state index in [1.165, 1.54) is 64.6 Å². The molecule has 0 aromatic carbocycles. The summed E-state index contributed by atoms with van der Waals surface area (Å²) < 4.78 is 4.24. The van der Waals surface area contributed by atoms with Crippen molar-refractivity contribution in [3.8, 4) is 0 Å². The summed E-state index contributed by atoms with van der Waals surface area (Å²) in [6, 6.07) is 0. The van der Waals surface area contributed by atoms with Crippen LogP contribution in [0.3, 0.4) is 0 Å². The monoisotopic (exact) mass is 342 g/mol. The summed E-state index contributed by atoms with van der Waals surface area (Å²) in [5, 5.41) is 8.95. The third kappa shape index (κ3) is 3.94. The van der Waals surface area contributed by atoms with E-state index in [9.17, 15) is 0 Å². The summed E-state index contributed by atoms with van der Waals surface area (Å²) in [6.07, 6.45) is 15.3. The van der Waals surface area contributed by atoms with E-state index >= 15 is 0 Å². The molecule has 0 radical (unpaired) electrons. The molecule has 2 fully saturated rings. The molecule has 0 amide bonds. The second kappa shape index (κ2) is 7.68. The number of hydrogen-bond donors (Lipinski definition) is 0. The van der Waals surface area contributed by atoms with Gasteiger partial charge < -0.3 is 14.0 Å². The van der Waals surface area contributed by atoms with Crippen LogP contribution in [0.4, 0.5) is 0 Å². The van der Waals surface area contributed by atoms with Gasteiger partial charge in [-0.25, -0.2) is 4.98 Å². The molecular weight excluding hydrogens is 312 g/mol. The molecule has 136 valence electrons. The molecule has 1 saturated carbocycles. The van der Waals surface area contributed by atoms with Crippen LogP contribution >= 0.6 is 0 Å². The van der Waals surface area contributed by atoms with Crippen molar-refractivity contribution >= 4 is 0 Å². The highest BCUT2D eigenvalue weighted by atomic mass is 15.3. The highest BCUT2D eigenvalue weighted by Crippen LogP contribution is 2.30. The molecule has 1 saturated heterocycles. The topological polar surface area (TPSA) is 51.8 Å². The second-order valence-corrected chi connectivity index (χ2v) is 7.85. The van der Waals surface area contributed by atoms with Gasteiger partial charge in [0.1, 0.15) is 5.82 Å². The second-order valence-electron chi connectivity index (χ2n) is 7.85. The SMILES string of the molecule is Cn1c(Cn2ccnc2)nnc1C1CCN(CC2CCCCC2)CC1. The molecule has 1 aliphatic carbocycles. The Kier molecular flexibility index (Phi) is 5.15. The zero-order chi connectivity index (χ0) is 17.1. The predicted octanol–water partition coefficient (Wildman–Crippen LogP) is 2.82. The lowest BCUT2D eigenvalue weighted by atomic mass is 9.88. The Morgan fingerprint density at radius 3 is 2.56 bits per heavy atom. The molecule has 6 nitrogen and oxygen atoms in total. The van der Waals surface area contributed by atoms with Crippen LogP contribution in [0, 0.1) is 5.92 Å². The third-order valence-electron chi connectivity index (χ3n) is 6.08. The average molecular weight is 342 g/mol. The Morgan fingerprint density at radius 1 is 1.04 bits per heavy atom. The molecule has 2 aliphatic rings. The van der Waals surface area contributed by atoms with Gasteiger partial charge in [-0.05, 0) is 44.7 Å². The zero-order valence-corrected chi connectivity index (χ0v) is 15.3. The van der Waals surface area contributed by atoms with E-state index < -0.39 is 0 Å². The zero-order valence-electron chi connectivity index (χ0n) is 15.3. The maximum absolute atomic E-state index is 4.52. The van der Waals surface area contributed by atoms with Crippen LogP contribution in [0.25, 0.3) is 0 Å². The Morgan fingerprint density at radius 2 is 1.84 bits per heavy atom. The lowest BCUT2D eigenvalue weighted by Crippen LogP contribution is -2.37. The molecule has 0 N–H and O–H groups in total. The van der Waals surface area contributed by atoms with Gasteiger partial charge in [-0.3, -0.25) is 0 Å². The van der Waals surface area contributed by atoms with E-state index in [0.717, 1.165) is 24.1 Å². The van der Waals surface area contributed by atoms with E-state index in [-0.39, 0.29) is 0 Å². The van der Waals surface area contributed by atoms with Gasteiger partial charge in [-0.1, -0.05) is 19.3 Å². The molecule has 2 aromatic heterocycles. The summed E-state index contributed by atoms with van der Waals surface area (Å²) in [4.78, 5) is 6.79. The minimum atomic E-state index is 0.552. The van der Waals surface area contributed by atoms with Crippen LogP contribution in [0.15, 0.2) is 18.7 Å². The highest BCUT2D eigenvalue weighted by Gasteiger charge is 2.26. The molecule has 3 heterocycles. The van der Waals surface area contributed by atoms with E-state index in [1.807, 2.05) is 17.1 Å². The van der Waals surface area contributed by atoms with Crippen molar-refractivity contribution in [1.82, 2.24) is 29.2 Å². The van der Waals surface area contributed by atoms with Crippen LogP contribution in [0.1, 0.15) is 62.5 Å². The van der Waals surface area contributed by atoms with Gasteiger partial charge in [0.25, 0.3) is 0 Å². The van der Waals surface area contributed by atoms with E-state index in [4.69, 9.17) is 0 Å². The fraction of sp³-hybridized carbons (Fsp3) is 0.737. The van der Waals surface area contributed by atoms with Crippen molar-refractivity contribution in [2.45, 2.75) is 57.4 Å². The lowest BCUT2D eigenvalue weighted by Gasteiger charge is -2.35. The molecule has 0 bridgehead atoms. The minimum Gasteiger partial charge on any atom is -0.330 e. The summed E-state index contributed by atoms with van der Waals surface area (Å²) >= 11 is 0. The smallest absolute Gasteiger partial charge is 0.152 e. The van der Waals surface area contributed by atoms with Gasteiger partial charge in [0, 0.05) is 31.9 Å². The van der Waals surface area contributed by atoms with Crippen molar-refractivity contribution in [2.24, 2.45) is 13.0 Å². The number of aromatic nitrogens is 5. The fourth-order valence-corrected chi connectivity index (χ4v) is 4.52. The molecule has 4 rings (SSSR count). The summed E-state index contributed by atoms with van der Waals surface area (Å²) in [5.74, 6) is 3.67. The number of nitrogens with zero attached hydrogens (tertiary/aromatic N) is 6. The standard InChI is InChI=1S/C19H30N6/c1-23-18(14-25-12-9-20-15-25)21-22-19(23)17-7-10-24(11-8-17)13-16-5-3-2-4-6-16/h9,12,15-17H,2-8,10-11,13-14H2,1H3. The predicted molar refractivity (Wildman–Crippen MR) is 97.3 cm³/mol. The van der Waals surface area contributed by atoms with Gasteiger partial charge in [-0.15, -0.1) is 10.2 Å². The maximum Gasteiger partial charge on any atom is 0.152 e. The lowest BCUT2D eigenvalue weighted by molar-refractivity contribution is 0.161. The third-order valence-corrected chi connectivity index (χ3v) is 6.08. The van der Waals surface area contributed by atoms with Gasteiger partial charge in [-0.2, -0.15) is 0 Å². The summed E-state index contributed by atoms with van der Waals surface area (Å²) in [6.45, 7) is 4.48. The Balaban J connectivity index is 1.32. The van der Waals surface area contributed by atoms with Crippen molar-refractivity contribution in [1.29, 1.82) is 0 Å². The normalized spacial score (nSPS) is 21.0. The Bertz CT molecular complexity index is 648. The van der Waals surface area contributed by atoms with Gasteiger partial charge >= 0.3 is 0 Å². The van der Waals surface area contributed by atoms with Gasteiger partial charge in [0.05, 0.1) is 12.9 Å². The molecule has 0 spiro atoms. The molecule has 2 aromatic rings. The number of piperidine rings is 1. The molecule has 25 heavy (non-hydrogen) atoms. The number of imidazole rings is 1. The van der Waals surface area contributed by atoms with Crippen LogP contribution in [0.5, 0.6) is 0 Å². The van der Waals surface area contributed by atoms with Gasteiger partial charge in [0.2, 0.25) is 0 Å². The largest absolute Gasteiger partial charge is 0.330 e. The number of hydrogen-bond acceptors (Lipinski definition) is 4. The number of likely N-dealkylation sites (tertiary alicyclic amines) is 1. The first-order valence-corrected chi connectivity index (χ1v) is 9.86. The first kappa shape index (κ1) is 16.8. The van der Waals surface area contributed by atoms with Crippen LogP contribution in [-0.2, 0) is 13.6 Å². The maximum atomic E-state index is 4.52. The van der Waals surface area contributed by atoms with E-state index in [1.54, 1.807) is 6.20 Å². The molecule has 1 aliphatic heterocycles. The molecule has 6 heteroatoms. The van der Waals surface area contributed by atoms with Crippen LogP contribution < -0.4 is 0 Å². The van der Waals surface area contributed by atoms with Crippen LogP contribution in [0.2, 0.25) is 0 Å². The van der Waals surface area contributed by atoms with Crippen molar-refractivity contribution < 1.29 is 0 Å². The average Bonchev–Trinajstić information content (AvgIpc) is 3.28. The number of rotatable bonds is 5. The molecular formula is C19H30N6. The first-order valence-electron chi connectivity index (χ1n) is 9.86.